The molecule has 1 amide bonds. The number of rotatable bonds is 4. The van der Waals surface area contributed by atoms with E-state index in [0.717, 1.165) is 0 Å². The largest absolute Gasteiger partial charge is 0.380 e. The minimum atomic E-state index is -0.336. The minimum Gasteiger partial charge on any atom is -0.380 e. The zero-order chi connectivity index (χ0) is 11.4. The zero-order valence-corrected chi connectivity index (χ0v) is 8.93. The summed E-state index contributed by atoms with van der Waals surface area (Å²) in [5.41, 5.74) is 5.42. The van der Waals surface area contributed by atoms with E-state index in [1.54, 1.807) is 14.2 Å². The first-order valence-electron chi connectivity index (χ1n) is 4.42. The Morgan fingerprint density at radius 2 is 2.33 bits per heavy atom. The van der Waals surface area contributed by atoms with E-state index in [1.165, 1.54) is 4.90 Å². The molecule has 0 saturated carbocycles. The van der Waals surface area contributed by atoms with Crippen LogP contribution in [0.3, 0.4) is 0 Å². The normalized spacial score (nSPS) is 12.5. The molecule has 0 radical (unpaired) electrons. The van der Waals surface area contributed by atoms with Gasteiger partial charge in [-0.2, -0.15) is 0 Å². The van der Waals surface area contributed by atoms with Crippen molar-refractivity contribution in [3.63, 3.8) is 0 Å². The average molecular weight is 214 g/mol. The zero-order valence-electron chi connectivity index (χ0n) is 8.93. The molecule has 1 heterocycles. The molecule has 1 unspecified atom stereocenters. The molecular formula is C8H14N4O3. The van der Waals surface area contributed by atoms with Gasteiger partial charge in [0.2, 0.25) is 11.5 Å². The molecule has 2 N–H and O–H groups in total. The van der Waals surface area contributed by atoms with Crippen molar-refractivity contribution in [1.29, 1.82) is 0 Å². The lowest BCUT2D eigenvalue weighted by Crippen LogP contribution is -2.34. The highest BCUT2D eigenvalue weighted by molar-refractivity contribution is 5.95. The molecule has 1 rings (SSSR count). The lowest BCUT2D eigenvalue weighted by molar-refractivity contribution is 0.0592. The molecule has 1 atom stereocenters. The Labute approximate surface area is 87.1 Å². The summed E-state index contributed by atoms with van der Waals surface area (Å²) < 4.78 is 9.38. The van der Waals surface area contributed by atoms with Crippen molar-refractivity contribution in [2.45, 2.75) is 13.0 Å². The van der Waals surface area contributed by atoms with Gasteiger partial charge in [0.25, 0.3) is 5.91 Å². The number of ether oxygens (including phenoxy) is 1. The van der Waals surface area contributed by atoms with E-state index in [-0.39, 0.29) is 23.5 Å². The van der Waals surface area contributed by atoms with Gasteiger partial charge in [-0.15, -0.1) is 0 Å². The van der Waals surface area contributed by atoms with Crippen molar-refractivity contribution in [2.24, 2.45) is 0 Å². The third-order valence-corrected chi connectivity index (χ3v) is 2.00. The van der Waals surface area contributed by atoms with Gasteiger partial charge < -0.3 is 15.4 Å². The molecule has 84 valence electrons. The number of hydrogen-bond donors (Lipinski definition) is 1. The topological polar surface area (TPSA) is 94.5 Å². The van der Waals surface area contributed by atoms with E-state index in [2.05, 4.69) is 14.9 Å². The van der Waals surface area contributed by atoms with Crippen LogP contribution >= 0.6 is 0 Å². The van der Waals surface area contributed by atoms with Gasteiger partial charge in [0.05, 0.1) is 6.10 Å². The maximum Gasteiger partial charge on any atom is 0.279 e. The monoisotopic (exact) mass is 214 g/mol. The maximum atomic E-state index is 11.7. The van der Waals surface area contributed by atoms with Crippen molar-refractivity contribution in [3.05, 3.63) is 5.69 Å². The second-order valence-electron chi connectivity index (χ2n) is 3.23. The second kappa shape index (κ2) is 4.74. The van der Waals surface area contributed by atoms with Crippen LogP contribution in [0.4, 0.5) is 5.82 Å². The van der Waals surface area contributed by atoms with Crippen LogP contribution in [0, 0.1) is 0 Å². The Morgan fingerprint density at radius 3 is 2.80 bits per heavy atom. The summed E-state index contributed by atoms with van der Waals surface area (Å²) in [6.07, 6.45) is -0.0555. The fourth-order valence-corrected chi connectivity index (χ4v) is 1.07. The van der Waals surface area contributed by atoms with Crippen LogP contribution in [0.15, 0.2) is 4.63 Å². The van der Waals surface area contributed by atoms with Crippen LogP contribution in [0.5, 0.6) is 0 Å². The highest BCUT2D eigenvalue weighted by Crippen LogP contribution is 2.07. The molecule has 0 spiro atoms. The molecule has 0 aliphatic heterocycles. The van der Waals surface area contributed by atoms with Crippen LogP contribution in [-0.4, -0.2) is 47.9 Å². The Kier molecular flexibility index (Phi) is 3.62. The number of aromatic nitrogens is 2. The molecule has 0 aliphatic carbocycles. The summed E-state index contributed by atoms with van der Waals surface area (Å²) in [5, 5.41) is 6.76. The number of carbonyl (C=O) groups excluding carboxylic acids is 1. The quantitative estimate of drug-likeness (QED) is 0.743. The molecule has 1 aromatic heterocycles. The highest BCUT2D eigenvalue weighted by Gasteiger charge is 2.21. The Balaban J connectivity index is 2.65. The number of carbonyl (C=O) groups is 1. The van der Waals surface area contributed by atoms with Crippen molar-refractivity contribution >= 4 is 11.7 Å². The molecule has 7 heteroatoms. The lowest BCUT2D eigenvalue weighted by atomic mass is 10.3. The van der Waals surface area contributed by atoms with Gasteiger partial charge in [-0.25, -0.2) is 4.63 Å². The second-order valence-corrected chi connectivity index (χ2v) is 3.23. The average Bonchev–Trinajstić information content (AvgIpc) is 2.63. The minimum absolute atomic E-state index is 0.00285. The van der Waals surface area contributed by atoms with Gasteiger partial charge in [0.1, 0.15) is 0 Å². The smallest absolute Gasteiger partial charge is 0.279 e. The first-order valence-corrected chi connectivity index (χ1v) is 4.42. The third-order valence-electron chi connectivity index (χ3n) is 2.00. The number of methoxy groups -OCH3 is 1. The molecular weight excluding hydrogens is 200 g/mol. The van der Waals surface area contributed by atoms with Crippen LogP contribution in [-0.2, 0) is 4.74 Å². The lowest BCUT2D eigenvalue weighted by Gasteiger charge is -2.19. The van der Waals surface area contributed by atoms with Gasteiger partial charge in [0, 0.05) is 20.7 Å². The number of amides is 1. The maximum absolute atomic E-state index is 11.7. The SMILES string of the molecule is COC(C)CN(C)C(=O)c1nonc1N. The number of nitrogens with zero attached hydrogens (tertiary/aromatic N) is 3. The number of likely N-dealkylation sites (N-methyl/N-ethyl adjacent to an activating group) is 1. The summed E-state index contributed by atoms with van der Waals surface area (Å²) in [5.74, 6) is -0.338. The Morgan fingerprint density at radius 1 is 1.67 bits per heavy atom. The molecule has 0 aliphatic rings. The van der Waals surface area contributed by atoms with Crippen molar-refractivity contribution in [3.8, 4) is 0 Å². The number of nitrogens with two attached hydrogens (primary N) is 1. The summed E-state index contributed by atoms with van der Waals surface area (Å²) in [6, 6.07) is 0. The molecule has 0 bridgehead atoms. The van der Waals surface area contributed by atoms with E-state index in [1.807, 2.05) is 6.92 Å². The van der Waals surface area contributed by atoms with Crippen LogP contribution in [0.1, 0.15) is 17.4 Å². The number of hydrogen-bond acceptors (Lipinski definition) is 6. The molecule has 0 aromatic carbocycles. The summed E-state index contributed by atoms with van der Waals surface area (Å²) in [6.45, 7) is 2.30. The fraction of sp³-hybridized carbons (Fsp3) is 0.625. The predicted octanol–water partition coefficient (Wildman–Crippen LogP) is -0.241. The molecule has 15 heavy (non-hydrogen) atoms. The van der Waals surface area contributed by atoms with E-state index >= 15 is 0 Å². The van der Waals surface area contributed by atoms with E-state index in [0.29, 0.717) is 6.54 Å². The molecule has 0 fully saturated rings. The van der Waals surface area contributed by atoms with E-state index < -0.39 is 0 Å². The van der Waals surface area contributed by atoms with E-state index in [4.69, 9.17) is 10.5 Å². The van der Waals surface area contributed by atoms with Crippen LogP contribution in [0.2, 0.25) is 0 Å². The molecule has 1 aromatic rings. The van der Waals surface area contributed by atoms with Gasteiger partial charge in [-0.05, 0) is 17.2 Å². The number of anilines is 1. The first-order chi connectivity index (χ1) is 7.06. The van der Waals surface area contributed by atoms with Gasteiger partial charge in [-0.1, -0.05) is 0 Å². The summed E-state index contributed by atoms with van der Waals surface area (Å²) in [7, 11) is 3.21. The van der Waals surface area contributed by atoms with Gasteiger partial charge in [-0.3, -0.25) is 4.79 Å². The number of nitrogen functional groups attached to an aromatic ring is 1. The predicted molar refractivity (Wildman–Crippen MR) is 52.1 cm³/mol. The van der Waals surface area contributed by atoms with E-state index in [9.17, 15) is 4.79 Å². The molecule has 0 saturated heterocycles. The van der Waals surface area contributed by atoms with Crippen LogP contribution < -0.4 is 5.73 Å². The van der Waals surface area contributed by atoms with Crippen molar-refractivity contribution in [2.75, 3.05) is 26.4 Å². The summed E-state index contributed by atoms with van der Waals surface area (Å²) in [4.78, 5) is 13.2. The van der Waals surface area contributed by atoms with Crippen LogP contribution in [0.25, 0.3) is 0 Å². The fourth-order valence-electron chi connectivity index (χ4n) is 1.07. The standard InChI is InChI=1S/C8H14N4O3/c1-5(14-3)4-12(2)8(13)6-7(9)11-15-10-6/h5H,4H2,1-3H3,(H2,9,11). The third kappa shape index (κ3) is 2.66. The van der Waals surface area contributed by atoms with Crippen molar-refractivity contribution in [1.82, 2.24) is 15.2 Å². The first kappa shape index (κ1) is 11.4. The Hall–Kier alpha value is -1.63. The van der Waals surface area contributed by atoms with Gasteiger partial charge in [0.15, 0.2) is 0 Å². The Bertz CT molecular complexity index is 338. The van der Waals surface area contributed by atoms with Gasteiger partial charge >= 0.3 is 0 Å². The highest BCUT2D eigenvalue weighted by atomic mass is 16.6. The van der Waals surface area contributed by atoms with Crippen molar-refractivity contribution < 1.29 is 14.2 Å². The summed E-state index contributed by atoms with van der Waals surface area (Å²) >= 11 is 0. The molecule has 7 nitrogen and oxygen atoms in total.